The predicted octanol–water partition coefficient (Wildman–Crippen LogP) is 4.28. The second-order valence-electron chi connectivity index (χ2n) is 5.49. The minimum atomic E-state index is 0.499. The van der Waals surface area contributed by atoms with Crippen LogP contribution in [0, 0.1) is 0 Å². The monoisotopic (exact) mass is 345 g/mol. The number of benzene rings is 2. The SMILES string of the molecule is COc1cccc(CCNC2CCc3cc(Br)ccc32)c1. The highest BCUT2D eigenvalue weighted by molar-refractivity contribution is 9.10. The molecule has 0 aliphatic heterocycles. The second-order valence-corrected chi connectivity index (χ2v) is 6.41. The van der Waals surface area contributed by atoms with Gasteiger partial charge in [-0.1, -0.05) is 34.1 Å². The van der Waals surface area contributed by atoms with Crippen LogP contribution in [0.3, 0.4) is 0 Å². The van der Waals surface area contributed by atoms with Gasteiger partial charge in [-0.2, -0.15) is 0 Å². The fourth-order valence-corrected chi connectivity index (χ4v) is 3.43. The molecule has 1 atom stereocenters. The summed E-state index contributed by atoms with van der Waals surface area (Å²) in [6.07, 6.45) is 3.40. The molecule has 0 aromatic heterocycles. The van der Waals surface area contributed by atoms with Crippen molar-refractivity contribution in [2.45, 2.75) is 25.3 Å². The summed E-state index contributed by atoms with van der Waals surface area (Å²) in [4.78, 5) is 0. The van der Waals surface area contributed by atoms with E-state index >= 15 is 0 Å². The van der Waals surface area contributed by atoms with Gasteiger partial charge >= 0.3 is 0 Å². The van der Waals surface area contributed by atoms with Crippen LogP contribution in [0.1, 0.15) is 29.2 Å². The van der Waals surface area contributed by atoms with E-state index in [1.165, 1.54) is 34.0 Å². The normalized spacial score (nSPS) is 16.8. The van der Waals surface area contributed by atoms with Gasteiger partial charge in [0.15, 0.2) is 0 Å². The summed E-state index contributed by atoms with van der Waals surface area (Å²) in [6.45, 7) is 0.993. The van der Waals surface area contributed by atoms with E-state index in [0.29, 0.717) is 6.04 Å². The zero-order valence-corrected chi connectivity index (χ0v) is 13.8. The molecule has 0 heterocycles. The van der Waals surface area contributed by atoms with E-state index in [-0.39, 0.29) is 0 Å². The fourth-order valence-electron chi connectivity index (χ4n) is 3.02. The Morgan fingerprint density at radius 1 is 1.24 bits per heavy atom. The largest absolute Gasteiger partial charge is 0.497 e. The van der Waals surface area contributed by atoms with Gasteiger partial charge in [0.1, 0.15) is 5.75 Å². The third-order valence-corrected chi connectivity index (χ3v) is 4.61. The molecule has 1 aliphatic carbocycles. The Bertz CT molecular complexity index is 626. The number of halogens is 1. The van der Waals surface area contributed by atoms with Crippen LogP contribution in [0.25, 0.3) is 0 Å². The van der Waals surface area contributed by atoms with Crippen molar-refractivity contribution < 1.29 is 4.74 Å². The minimum absolute atomic E-state index is 0.499. The van der Waals surface area contributed by atoms with Crippen LogP contribution in [0.15, 0.2) is 46.9 Å². The standard InChI is InChI=1S/C18H20BrNO/c1-21-16-4-2-3-13(11-16)9-10-20-18-8-5-14-12-15(19)6-7-17(14)18/h2-4,6-7,11-12,18,20H,5,8-10H2,1H3. The van der Waals surface area contributed by atoms with E-state index < -0.39 is 0 Å². The third kappa shape index (κ3) is 3.47. The molecule has 110 valence electrons. The van der Waals surface area contributed by atoms with Gasteiger partial charge in [-0.25, -0.2) is 0 Å². The maximum atomic E-state index is 5.27. The number of methoxy groups -OCH3 is 1. The topological polar surface area (TPSA) is 21.3 Å². The summed E-state index contributed by atoms with van der Waals surface area (Å²) in [6, 6.07) is 15.4. The number of hydrogen-bond donors (Lipinski definition) is 1. The van der Waals surface area contributed by atoms with E-state index in [2.05, 4.69) is 57.6 Å². The van der Waals surface area contributed by atoms with Gasteiger partial charge in [0, 0.05) is 10.5 Å². The first-order chi connectivity index (χ1) is 10.3. The van der Waals surface area contributed by atoms with Crippen molar-refractivity contribution in [2.75, 3.05) is 13.7 Å². The Hall–Kier alpha value is -1.32. The number of rotatable bonds is 5. The number of nitrogens with one attached hydrogen (secondary N) is 1. The lowest BCUT2D eigenvalue weighted by Gasteiger charge is -2.14. The molecular formula is C18H20BrNO. The Kier molecular flexibility index (Phi) is 4.61. The van der Waals surface area contributed by atoms with Gasteiger partial charge in [-0.15, -0.1) is 0 Å². The third-order valence-electron chi connectivity index (χ3n) is 4.12. The maximum Gasteiger partial charge on any atom is 0.119 e. The van der Waals surface area contributed by atoms with Gasteiger partial charge in [-0.05, 0) is 66.8 Å². The van der Waals surface area contributed by atoms with Crippen LogP contribution in [-0.4, -0.2) is 13.7 Å². The summed E-state index contributed by atoms with van der Waals surface area (Å²) in [5, 5.41) is 3.69. The van der Waals surface area contributed by atoms with Crippen LogP contribution >= 0.6 is 15.9 Å². The van der Waals surface area contributed by atoms with Crippen molar-refractivity contribution in [1.29, 1.82) is 0 Å². The summed E-state index contributed by atoms with van der Waals surface area (Å²) >= 11 is 3.55. The first kappa shape index (κ1) is 14.6. The Balaban J connectivity index is 1.57. The molecule has 0 saturated heterocycles. The number of hydrogen-bond acceptors (Lipinski definition) is 2. The van der Waals surface area contributed by atoms with Crippen LogP contribution < -0.4 is 10.1 Å². The van der Waals surface area contributed by atoms with Gasteiger partial charge in [0.2, 0.25) is 0 Å². The Morgan fingerprint density at radius 3 is 3.00 bits per heavy atom. The van der Waals surface area contributed by atoms with Crippen molar-refractivity contribution >= 4 is 15.9 Å². The van der Waals surface area contributed by atoms with E-state index in [9.17, 15) is 0 Å². The average molecular weight is 346 g/mol. The van der Waals surface area contributed by atoms with E-state index in [1.807, 2.05) is 6.07 Å². The van der Waals surface area contributed by atoms with Crippen molar-refractivity contribution in [2.24, 2.45) is 0 Å². The lowest BCUT2D eigenvalue weighted by molar-refractivity contribution is 0.414. The lowest BCUT2D eigenvalue weighted by atomic mass is 10.1. The molecule has 0 fully saturated rings. The number of ether oxygens (including phenoxy) is 1. The summed E-state index contributed by atoms with van der Waals surface area (Å²) < 4.78 is 6.45. The molecule has 2 nitrogen and oxygen atoms in total. The molecule has 3 heteroatoms. The molecule has 3 rings (SSSR count). The van der Waals surface area contributed by atoms with Crippen molar-refractivity contribution in [3.05, 3.63) is 63.6 Å². The van der Waals surface area contributed by atoms with E-state index in [4.69, 9.17) is 4.74 Å². The molecule has 21 heavy (non-hydrogen) atoms. The molecule has 0 saturated carbocycles. The van der Waals surface area contributed by atoms with E-state index in [1.54, 1.807) is 7.11 Å². The molecule has 0 bridgehead atoms. The predicted molar refractivity (Wildman–Crippen MR) is 89.9 cm³/mol. The average Bonchev–Trinajstić information content (AvgIpc) is 2.90. The minimum Gasteiger partial charge on any atom is -0.497 e. The molecule has 2 aromatic carbocycles. The van der Waals surface area contributed by atoms with Crippen molar-refractivity contribution in [1.82, 2.24) is 5.32 Å². The molecule has 0 amide bonds. The van der Waals surface area contributed by atoms with Crippen LogP contribution in [-0.2, 0) is 12.8 Å². The molecule has 0 radical (unpaired) electrons. The number of fused-ring (bicyclic) bond motifs is 1. The van der Waals surface area contributed by atoms with Gasteiger partial charge < -0.3 is 10.1 Å². The van der Waals surface area contributed by atoms with E-state index in [0.717, 1.165) is 18.7 Å². The quantitative estimate of drug-likeness (QED) is 0.873. The highest BCUT2D eigenvalue weighted by Crippen LogP contribution is 2.32. The highest BCUT2D eigenvalue weighted by Gasteiger charge is 2.21. The van der Waals surface area contributed by atoms with Crippen LogP contribution in [0.5, 0.6) is 5.75 Å². The summed E-state index contributed by atoms with van der Waals surface area (Å²) in [7, 11) is 1.71. The molecule has 0 spiro atoms. The highest BCUT2D eigenvalue weighted by atomic mass is 79.9. The Morgan fingerprint density at radius 2 is 2.14 bits per heavy atom. The molecule has 1 unspecified atom stereocenters. The first-order valence-electron chi connectivity index (χ1n) is 7.41. The second kappa shape index (κ2) is 6.63. The molecular weight excluding hydrogens is 326 g/mol. The zero-order chi connectivity index (χ0) is 14.7. The summed E-state index contributed by atoms with van der Waals surface area (Å²) in [5.41, 5.74) is 4.25. The molecule has 1 N–H and O–H groups in total. The maximum absolute atomic E-state index is 5.27. The number of aryl methyl sites for hydroxylation is 1. The summed E-state index contributed by atoms with van der Waals surface area (Å²) in [5.74, 6) is 0.934. The fraction of sp³-hybridized carbons (Fsp3) is 0.333. The smallest absolute Gasteiger partial charge is 0.119 e. The molecule has 2 aromatic rings. The van der Waals surface area contributed by atoms with Crippen molar-refractivity contribution in [3.8, 4) is 5.75 Å². The van der Waals surface area contributed by atoms with Gasteiger partial charge in [-0.3, -0.25) is 0 Å². The van der Waals surface area contributed by atoms with Gasteiger partial charge in [0.05, 0.1) is 7.11 Å². The Labute approximate surface area is 134 Å². The van der Waals surface area contributed by atoms with Crippen LogP contribution in [0.4, 0.5) is 0 Å². The zero-order valence-electron chi connectivity index (χ0n) is 12.2. The lowest BCUT2D eigenvalue weighted by Crippen LogP contribution is -2.21. The molecule has 1 aliphatic rings. The van der Waals surface area contributed by atoms with Crippen molar-refractivity contribution in [3.63, 3.8) is 0 Å². The van der Waals surface area contributed by atoms with Gasteiger partial charge in [0.25, 0.3) is 0 Å². The first-order valence-corrected chi connectivity index (χ1v) is 8.20. The van der Waals surface area contributed by atoms with Crippen LogP contribution in [0.2, 0.25) is 0 Å².